The van der Waals surface area contributed by atoms with Gasteiger partial charge in [0.05, 0.1) is 23.5 Å². The monoisotopic (exact) mass is 521 g/mol. The van der Waals surface area contributed by atoms with E-state index in [-0.39, 0.29) is 34.2 Å². The number of non-ortho nitro benzene ring substituents is 1. The lowest BCUT2D eigenvalue weighted by molar-refractivity contribution is -0.384. The van der Waals surface area contributed by atoms with Crippen LogP contribution in [0.15, 0.2) is 78.2 Å². The quantitative estimate of drug-likeness (QED) is 0.210. The molecule has 0 spiro atoms. The summed E-state index contributed by atoms with van der Waals surface area (Å²) in [4.78, 5) is 22.1. The van der Waals surface area contributed by atoms with E-state index in [4.69, 9.17) is 19.4 Å². The normalized spacial score (nSPS) is 14.6. The standard InChI is InChI=1S/C25H19N3O8S/c1-34-25(29)17-7-5-16(6-8-17)23-20-10-9-19(12-22(20)35-24(27)21(23)13-26)36-37(32,33)14-15-3-2-4-18(11-15)28(30)31/h2-12,23H,14,27H2,1H3. The topological polar surface area (TPSA) is 172 Å². The van der Waals surface area contributed by atoms with Crippen LogP contribution < -0.4 is 14.7 Å². The van der Waals surface area contributed by atoms with Crippen molar-refractivity contribution in [1.29, 1.82) is 5.26 Å². The first-order chi connectivity index (χ1) is 17.6. The van der Waals surface area contributed by atoms with Crippen molar-refractivity contribution in [1.82, 2.24) is 0 Å². The predicted octanol–water partition coefficient (Wildman–Crippen LogP) is 3.51. The van der Waals surface area contributed by atoms with Gasteiger partial charge in [-0.15, -0.1) is 0 Å². The molecule has 0 aliphatic carbocycles. The zero-order valence-corrected chi connectivity index (χ0v) is 20.1. The van der Waals surface area contributed by atoms with E-state index in [2.05, 4.69) is 0 Å². The molecule has 0 saturated carbocycles. The molecule has 1 heterocycles. The Balaban J connectivity index is 1.63. The second-order valence-corrected chi connectivity index (χ2v) is 9.52. The van der Waals surface area contributed by atoms with Crippen LogP contribution in [0.5, 0.6) is 11.5 Å². The Labute approximate surface area is 211 Å². The van der Waals surface area contributed by atoms with Gasteiger partial charge in [-0.1, -0.05) is 30.3 Å². The Hall–Kier alpha value is -4.89. The molecule has 1 unspecified atom stereocenters. The molecule has 11 nitrogen and oxygen atoms in total. The molecule has 0 aromatic heterocycles. The molecule has 37 heavy (non-hydrogen) atoms. The fourth-order valence-electron chi connectivity index (χ4n) is 3.90. The molecule has 1 aliphatic heterocycles. The van der Waals surface area contributed by atoms with Crippen molar-refractivity contribution >= 4 is 21.8 Å². The number of methoxy groups -OCH3 is 1. The summed E-state index contributed by atoms with van der Waals surface area (Å²) in [6.45, 7) is 0. The molecule has 2 N–H and O–H groups in total. The lowest BCUT2D eigenvalue weighted by atomic mass is 9.83. The van der Waals surface area contributed by atoms with Gasteiger partial charge in [0.2, 0.25) is 5.88 Å². The molecular weight excluding hydrogens is 502 g/mol. The molecular formula is C25H19N3O8S. The number of benzene rings is 3. The van der Waals surface area contributed by atoms with Gasteiger partial charge in [-0.2, -0.15) is 13.7 Å². The van der Waals surface area contributed by atoms with E-state index in [0.717, 1.165) is 6.07 Å². The second-order valence-electron chi connectivity index (χ2n) is 7.95. The van der Waals surface area contributed by atoms with Crippen LogP contribution in [0.4, 0.5) is 5.69 Å². The van der Waals surface area contributed by atoms with Gasteiger partial charge in [-0.3, -0.25) is 10.1 Å². The fourth-order valence-corrected chi connectivity index (χ4v) is 4.94. The molecule has 0 bridgehead atoms. The molecule has 0 radical (unpaired) electrons. The molecule has 1 aliphatic rings. The summed E-state index contributed by atoms with van der Waals surface area (Å²) in [5.41, 5.74) is 7.58. The third-order valence-corrected chi connectivity index (χ3v) is 6.68. The van der Waals surface area contributed by atoms with E-state index in [1.54, 1.807) is 30.3 Å². The SMILES string of the molecule is COC(=O)c1ccc(C2C(C#N)=C(N)Oc3cc(OS(=O)(=O)Cc4cccc([N+](=O)[O-])c4)ccc32)cc1. The molecule has 0 fully saturated rings. The third-order valence-electron chi connectivity index (χ3n) is 5.54. The fraction of sp³-hybridized carbons (Fsp3) is 0.120. The molecule has 188 valence electrons. The van der Waals surface area contributed by atoms with Gasteiger partial charge in [0, 0.05) is 23.8 Å². The number of nitro benzene ring substituents is 1. The van der Waals surface area contributed by atoms with Crippen molar-refractivity contribution in [2.24, 2.45) is 5.73 Å². The first-order valence-corrected chi connectivity index (χ1v) is 12.2. The van der Waals surface area contributed by atoms with Gasteiger partial charge in [0.1, 0.15) is 28.9 Å². The van der Waals surface area contributed by atoms with E-state index in [9.17, 15) is 28.6 Å². The van der Waals surface area contributed by atoms with Crippen LogP contribution in [0.1, 0.15) is 33.0 Å². The zero-order valence-electron chi connectivity index (χ0n) is 19.3. The number of esters is 1. The van der Waals surface area contributed by atoms with Gasteiger partial charge >= 0.3 is 16.1 Å². The van der Waals surface area contributed by atoms with E-state index in [0.29, 0.717) is 16.7 Å². The Bertz CT molecular complexity index is 1570. The number of ether oxygens (including phenoxy) is 2. The Morgan fingerprint density at radius 3 is 2.54 bits per heavy atom. The number of hydrogen-bond acceptors (Lipinski definition) is 10. The minimum Gasteiger partial charge on any atom is -0.465 e. The van der Waals surface area contributed by atoms with Crippen LogP contribution in [0.3, 0.4) is 0 Å². The maximum Gasteiger partial charge on any atom is 0.337 e. The minimum absolute atomic E-state index is 0.0721. The number of carbonyl (C=O) groups excluding carboxylic acids is 1. The molecule has 3 aromatic carbocycles. The summed E-state index contributed by atoms with van der Waals surface area (Å²) in [6.07, 6.45) is 0. The summed E-state index contributed by atoms with van der Waals surface area (Å²) in [5, 5.41) is 20.7. The summed E-state index contributed by atoms with van der Waals surface area (Å²) in [5.74, 6) is -1.80. The van der Waals surface area contributed by atoms with Gasteiger partial charge in [0.15, 0.2) is 0 Å². The maximum absolute atomic E-state index is 12.6. The average Bonchev–Trinajstić information content (AvgIpc) is 2.87. The number of rotatable bonds is 7. The number of allylic oxidation sites excluding steroid dienone is 1. The van der Waals surface area contributed by atoms with Gasteiger partial charge in [-0.25, -0.2) is 4.79 Å². The lowest BCUT2D eigenvalue weighted by Gasteiger charge is -2.26. The maximum atomic E-state index is 12.6. The van der Waals surface area contributed by atoms with E-state index < -0.39 is 32.7 Å². The number of nitriles is 1. The molecule has 1 atom stereocenters. The zero-order chi connectivity index (χ0) is 26.7. The Morgan fingerprint density at radius 2 is 1.89 bits per heavy atom. The number of carbonyl (C=O) groups is 1. The lowest BCUT2D eigenvalue weighted by Crippen LogP contribution is -2.21. The highest BCUT2D eigenvalue weighted by Gasteiger charge is 2.31. The number of nitrogens with two attached hydrogens (primary N) is 1. The van der Waals surface area contributed by atoms with Gasteiger partial charge in [-0.05, 0) is 29.3 Å². The first-order valence-electron chi connectivity index (χ1n) is 10.7. The van der Waals surface area contributed by atoms with Crippen LogP contribution in [0.2, 0.25) is 0 Å². The van der Waals surface area contributed by atoms with Crippen molar-refractivity contribution in [2.45, 2.75) is 11.7 Å². The number of fused-ring (bicyclic) bond motifs is 1. The van der Waals surface area contributed by atoms with Gasteiger partial charge < -0.3 is 19.4 Å². The number of nitrogens with zero attached hydrogens (tertiary/aromatic N) is 2. The summed E-state index contributed by atoms with van der Waals surface area (Å²) in [6, 6.07) is 18.0. The highest BCUT2D eigenvalue weighted by Crippen LogP contribution is 2.43. The van der Waals surface area contributed by atoms with Crippen LogP contribution in [-0.4, -0.2) is 26.4 Å². The van der Waals surface area contributed by atoms with E-state index in [1.165, 1.54) is 37.4 Å². The average molecular weight is 522 g/mol. The predicted molar refractivity (Wildman–Crippen MR) is 130 cm³/mol. The summed E-state index contributed by atoms with van der Waals surface area (Å²) >= 11 is 0. The minimum atomic E-state index is -4.18. The van der Waals surface area contributed by atoms with E-state index in [1.807, 2.05) is 6.07 Å². The van der Waals surface area contributed by atoms with Crippen molar-refractivity contribution in [2.75, 3.05) is 7.11 Å². The van der Waals surface area contributed by atoms with Crippen LogP contribution in [-0.2, 0) is 20.6 Å². The number of hydrogen-bond donors (Lipinski definition) is 1. The van der Waals surface area contributed by atoms with Crippen LogP contribution >= 0.6 is 0 Å². The van der Waals surface area contributed by atoms with Crippen molar-refractivity contribution in [3.05, 3.63) is 111 Å². The molecule has 3 aromatic rings. The van der Waals surface area contributed by atoms with Crippen molar-refractivity contribution < 1.29 is 31.8 Å². The van der Waals surface area contributed by atoms with Crippen LogP contribution in [0, 0.1) is 21.4 Å². The summed E-state index contributed by atoms with van der Waals surface area (Å²) < 4.78 is 40.8. The summed E-state index contributed by atoms with van der Waals surface area (Å²) in [7, 11) is -2.91. The molecule has 0 saturated heterocycles. The highest BCUT2D eigenvalue weighted by atomic mass is 32.2. The Kier molecular flexibility index (Phi) is 6.81. The number of nitro groups is 1. The van der Waals surface area contributed by atoms with Crippen molar-refractivity contribution in [3.63, 3.8) is 0 Å². The van der Waals surface area contributed by atoms with Gasteiger partial charge in [0.25, 0.3) is 5.69 Å². The first kappa shape index (κ1) is 25.2. The largest absolute Gasteiger partial charge is 0.465 e. The smallest absolute Gasteiger partial charge is 0.337 e. The molecule has 4 rings (SSSR count). The Morgan fingerprint density at radius 1 is 1.16 bits per heavy atom. The molecule has 12 heteroatoms. The van der Waals surface area contributed by atoms with E-state index >= 15 is 0 Å². The third kappa shape index (κ3) is 5.36. The van der Waals surface area contributed by atoms with Crippen molar-refractivity contribution in [3.8, 4) is 17.6 Å². The molecule has 0 amide bonds. The second kappa shape index (κ2) is 10.00. The highest BCUT2D eigenvalue weighted by molar-refractivity contribution is 7.86. The van der Waals surface area contributed by atoms with Crippen LogP contribution in [0.25, 0.3) is 0 Å².